The fraction of sp³-hybridized carbons (Fsp3) is 0.846. The van der Waals surface area contributed by atoms with Crippen molar-refractivity contribution >= 4 is 11.9 Å². The summed E-state index contributed by atoms with van der Waals surface area (Å²) in [6.07, 6.45) is 6.09. The van der Waals surface area contributed by atoms with E-state index in [0.717, 1.165) is 32.1 Å². The number of amides is 1. The molecule has 1 amide bonds. The second-order valence-corrected chi connectivity index (χ2v) is 5.31. The smallest absolute Gasteiger partial charge is 0.323 e. The first kappa shape index (κ1) is 15.0. The first-order valence-electron chi connectivity index (χ1n) is 6.75. The van der Waals surface area contributed by atoms with Crippen LogP contribution in [0.4, 0.5) is 0 Å². The van der Waals surface area contributed by atoms with E-state index in [9.17, 15) is 9.59 Å². The van der Waals surface area contributed by atoms with Gasteiger partial charge < -0.3 is 15.7 Å². The molecule has 0 aromatic rings. The van der Waals surface area contributed by atoms with E-state index in [4.69, 9.17) is 10.8 Å². The Labute approximate surface area is 108 Å². The monoisotopic (exact) mass is 256 g/mol. The van der Waals surface area contributed by atoms with Gasteiger partial charge in [-0.1, -0.05) is 26.2 Å². The van der Waals surface area contributed by atoms with E-state index in [2.05, 4.69) is 0 Å². The fourth-order valence-corrected chi connectivity index (χ4v) is 2.57. The van der Waals surface area contributed by atoms with Gasteiger partial charge in [0, 0.05) is 18.5 Å². The van der Waals surface area contributed by atoms with Gasteiger partial charge in [-0.3, -0.25) is 9.59 Å². The topological polar surface area (TPSA) is 83.6 Å². The molecule has 5 heteroatoms. The number of hydrogen-bond donors (Lipinski definition) is 2. The van der Waals surface area contributed by atoms with Crippen molar-refractivity contribution in [2.24, 2.45) is 5.73 Å². The predicted octanol–water partition coefficient (Wildman–Crippen LogP) is 1.36. The number of carboxylic acid groups (broad SMARTS) is 1. The average molecular weight is 256 g/mol. The molecular formula is C13H24N2O3. The van der Waals surface area contributed by atoms with Gasteiger partial charge in [-0.25, -0.2) is 0 Å². The largest absolute Gasteiger partial charge is 0.480 e. The third kappa shape index (κ3) is 4.64. The van der Waals surface area contributed by atoms with E-state index >= 15 is 0 Å². The summed E-state index contributed by atoms with van der Waals surface area (Å²) in [5.41, 5.74) is 5.81. The van der Waals surface area contributed by atoms with Crippen molar-refractivity contribution in [3.63, 3.8) is 0 Å². The molecule has 1 fully saturated rings. The molecule has 5 nitrogen and oxygen atoms in total. The third-order valence-electron chi connectivity index (χ3n) is 3.52. The second kappa shape index (κ2) is 6.73. The van der Waals surface area contributed by atoms with Crippen LogP contribution in [-0.4, -0.2) is 40.5 Å². The average Bonchev–Trinajstić information content (AvgIpc) is 2.28. The number of carboxylic acids is 1. The molecule has 0 radical (unpaired) electrons. The number of carbonyl (C=O) groups excluding carboxylic acids is 1. The summed E-state index contributed by atoms with van der Waals surface area (Å²) in [7, 11) is 0. The summed E-state index contributed by atoms with van der Waals surface area (Å²) in [6.45, 7) is 2.20. The zero-order chi connectivity index (χ0) is 13.6. The Balaban J connectivity index is 2.56. The first-order chi connectivity index (χ1) is 8.47. The van der Waals surface area contributed by atoms with Crippen LogP contribution in [0.2, 0.25) is 0 Å². The van der Waals surface area contributed by atoms with E-state index in [1.807, 2.05) is 6.92 Å². The molecule has 0 aromatic heterocycles. The Morgan fingerprint density at radius 1 is 1.28 bits per heavy atom. The molecule has 0 heterocycles. The van der Waals surface area contributed by atoms with Crippen LogP contribution in [0.5, 0.6) is 0 Å². The zero-order valence-corrected chi connectivity index (χ0v) is 11.2. The molecule has 0 aliphatic heterocycles. The van der Waals surface area contributed by atoms with Gasteiger partial charge in [0.15, 0.2) is 0 Å². The summed E-state index contributed by atoms with van der Waals surface area (Å²) in [5, 5.41) is 8.80. The van der Waals surface area contributed by atoms with Gasteiger partial charge in [0.1, 0.15) is 6.54 Å². The molecule has 1 aliphatic rings. The molecule has 1 aliphatic carbocycles. The van der Waals surface area contributed by atoms with Gasteiger partial charge in [-0.05, 0) is 19.3 Å². The highest BCUT2D eigenvalue weighted by Crippen LogP contribution is 2.29. The Morgan fingerprint density at radius 2 is 1.89 bits per heavy atom. The lowest BCUT2D eigenvalue weighted by atomic mass is 9.80. The lowest BCUT2D eigenvalue weighted by Crippen LogP contribution is -2.48. The molecule has 104 valence electrons. The van der Waals surface area contributed by atoms with Crippen LogP contribution in [0.3, 0.4) is 0 Å². The number of hydrogen-bond acceptors (Lipinski definition) is 3. The third-order valence-corrected chi connectivity index (χ3v) is 3.52. The van der Waals surface area contributed by atoms with E-state index in [-0.39, 0.29) is 18.9 Å². The minimum absolute atomic E-state index is 0.122. The number of aliphatic carboxylic acids is 1. The SMILES string of the molecule is CCCN(CC(=O)O)C(=O)CC1(N)CCCCC1. The number of rotatable bonds is 6. The van der Waals surface area contributed by atoms with Crippen molar-refractivity contribution < 1.29 is 14.7 Å². The normalized spacial score (nSPS) is 18.3. The maximum atomic E-state index is 12.1. The standard InChI is InChI=1S/C13H24N2O3/c1-2-8-15(10-12(17)18)11(16)9-13(14)6-4-3-5-7-13/h2-10,14H2,1H3,(H,17,18). The molecule has 1 rings (SSSR count). The van der Waals surface area contributed by atoms with Crippen LogP contribution in [0, 0.1) is 0 Å². The molecule has 3 N–H and O–H groups in total. The van der Waals surface area contributed by atoms with E-state index in [0.29, 0.717) is 6.54 Å². The van der Waals surface area contributed by atoms with Gasteiger partial charge >= 0.3 is 5.97 Å². The second-order valence-electron chi connectivity index (χ2n) is 5.31. The lowest BCUT2D eigenvalue weighted by molar-refractivity contribution is -0.145. The van der Waals surface area contributed by atoms with Crippen molar-refractivity contribution in [2.75, 3.05) is 13.1 Å². The summed E-state index contributed by atoms with van der Waals surface area (Å²) in [5.74, 6) is -1.09. The van der Waals surface area contributed by atoms with E-state index in [1.54, 1.807) is 0 Å². The van der Waals surface area contributed by atoms with Crippen LogP contribution in [0.1, 0.15) is 51.9 Å². The van der Waals surface area contributed by atoms with Crippen molar-refractivity contribution in [2.45, 2.75) is 57.4 Å². The molecule has 0 saturated heterocycles. The van der Waals surface area contributed by atoms with Crippen LogP contribution in [0.25, 0.3) is 0 Å². The minimum atomic E-state index is -0.966. The van der Waals surface area contributed by atoms with Crippen LogP contribution >= 0.6 is 0 Å². The Kier molecular flexibility index (Phi) is 5.59. The fourth-order valence-electron chi connectivity index (χ4n) is 2.57. The molecule has 0 atom stereocenters. The molecule has 0 unspecified atom stereocenters. The van der Waals surface area contributed by atoms with Crippen LogP contribution in [0.15, 0.2) is 0 Å². The highest BCUT2D eigenvalue weighted by Gasteiger charge is 2.32. The van der Waals surface area contributed by atoms with Gasteiger partial charge in [0.25, 0.3) is 0 Å². The quantitative estimate of drug-likeness (QED) is 0.751. The maximum Gasteiger partial charge on any atom is 0.323 e. The summed E-state index contributed by atoms with van der Waals surface area (Å²) in [6, 6.07) is 0. The first-order valence-corrected chi connectivity index (χ1v) is 6.75. The minimum Gasteiger partial charge on any atom is -0.480 e. The van der Waals surface area contributed by atoms with Gasteiger partial charge in [-0.2, -0.15) is 0 Å². The van der Waals surface area contributed by atoms with E-state index < -0.39 is 11.5 Å². The van der Waals surface area contributed by atoms with Crippen molar-refractivity contribution in [1.82, 2.24) is 4.90 Å². The lowest BCUT2D eigenvalue weighted by Gasteiger charge is -2.34. The van der Waals surface area contributed by atoms with Crippen molar-refractivity contribution in [3.05, 3.63) is 0 Å². The molecular weight excluding hydrogens is 232 g/mol. The predicted molar refractivity (Wildman–Crippen MR) is 69.1 cm³/mol. The highest BCUT2D eigenvalue weighted by molar-refractivity contribution is 5.82. The Morgan fingerprint density at radius 3 is 2.39 bits per heavy atom. The Bertz CT molecular complexity index is 299. The van der Waals surface area contributed by atoms with Gasteiger partial charge in [0.2, 0.25) is 5.91 Å². The summed E-state index contributed by atoms with van der Waals surface area (Å²) in [4.78, 5) is 24.3. The van der Waals surface area contributed by atoms with Crippen molar-refractivity contribution in [1.29, 1.82) is 0 Å². The molecule has 18 heavy (non-hydrogen) atoms. The Hall–Kier alpha value is -1.10. The van der Waals surface area contributed by atoms with Crippen LogP contribution < -0.4 is 5.73 Å². The number of carbonyl (C=O) groups is 2. The summed E-state index contributed by atoms with van der Waals surface area (Å²) < 4.78 is 0. The van der Waals surface area contributed by atoms with Gasteiger partial charge in [0.05, 0.1) is 0 Å². The molecule has 0 aromatic carbocycles. The molecule has 0 spiro atoms. The molecule has 1 saturated carbocycles. The number of nitrogens with zero attached hydrogens (tertiary/aromatic N) is 1. The maximum absolute atomic E-state index is 12.1. The number of nitrogens with two attached hydrogens (primary N) is 1. The van der Waals surface area contributed by atoms with E-state index in [1.165, 1.54) is 11.3 Å². The van der Waals surface area contributed by atoms with Gasteiger partial charge in [-0.15, -0.1) is 0 Å². The zero-order valence-electron chi connectivity index (χ0n) is 11.2. The highest BCUT2D eigenvalue weighted by atomic mass is 16.4. The summed E-state index contributed by atoms with van der Waals surface area (Å²) >= 11 is 0. The van der Waals surface area contributed by atoms with Crippen molar-refractivity contribution in [3.8, 4) is 0 Å². The van der Waals surface area contributed by atoms with Crippen LogP contribution in [-0.2, 0) is 9.59 Å². The molecule has 0 bridgehead atoms.